The van der Waals surface area contributed by atoms with Crippen molar-refractivity contribution in [3.05, 3.63) is 28.8 Å². The van der Waals surface area contributed by atoms with Crippen molar-refractivity contribution >= 4 is 17.3 Å². The van der Waals surface area contributed by atoms with E-state index in [1.165, 1.54) is 19.3 Å². The fraction of sp³-hybridized carbons (Fsp3) is 0.667. The average Bonchev–Trinajstić information content (AvgIpc) is 2.63. The first kappa shape index (κ1) is 16.6. The van der Waals surface area contributed by atoms with Gasteiger partial charge in [0.15, 0.2) is 0 Å². The number of halogens is 1. The van der Waals surface area contributed by atoms with E-state index in [9.17, 15) is 0 Å². The number of hydrogen-bond donors (Lipinski definition) is 1. The van der Waals surface area contributed by atoms with Crippen LogP contribution < -0.4 is 10.6 Å². The summed E-state index contributed by atoms with van der Waals surface area (Å²) in [5, 5.41) is 0.832. The van der Waals surface area contributed by atoms with E-state index in [-0.39, 0.29) is 6.04 Å². The van der Waals surface area contributed by atoms with E-state index in [0.29, 0.717) is 5.41 Å². The van der Waals surface area contributed by atoms with Gasteiger partial charge < -0.3 is 10.6 Å². The van der Waals surface area contributed by atoms with Gasteiger partial charge in [0.25, 0.3) is 0 Å². The van der Waals surface area contributed by atoms with E-state index in [1.807, 2.05) is 13.0 Å². The molecule has 2 unspecified atom stereocenters. The average molecular weight is 309 g/mol. The van der Waals surface area contributed by atoms with Gasteiger partial charge in [0, 0.05) is 19.1 Å². The molecule has 1 fully saturated rings. The number of benzene rings is 1. The van der Waals surface area contributed by atoms with Crippen LogP contribution in [0.3, 0.4) is 0 Å². The van der Waals surface area contributed by atoms with Crippen LogP contribution in [0.4, 0.5) is 5.69 Å². The van der Waals surface area contributed by atoms with E-state index in [1.54, 1.807) is 0 Å². The summed E-state index contributed by atoms with van der Waals surface area (Å²) in [6, 6.07) is 6.30. The van der Waals surface area contributed by atoms with Crippen molar-refractivity contribution in [2.75, 3.05) is 18.0 Å². The molecule has 118 valence electrons. The Morgan fingerprint density at radius 2 is 1.95 bits per heavy atom. The molecule has 0 radical (unpaired) electrons. The van der Waals surface area contributed by atoms with Crippen LogP contribution in [0.15, 0.2) is 18.2 Å². The first-order chi connectivity index (χ1) is 9.79. The predicted octanol–water partition coefficient (Wildman–Crippen LogP) is 5.01. The summed E-state index contributed by atoms with van der Waals surface area (Å²) < 4.78 is 0. The third-order valence-electron chi connectivity index (χ3n) is 4.79. The summed E-state index contributed by atoms with van der Waals surface area (Å²) in [6.45, 7) is 11.3. The smallest absolute Gasteiger partial charge is 0.0642 e. The molecule has 2 atom stereocenters. The molecule has 3 heteroatoms. The summed E-state index contributed by atoms with van der Waals surface area (Å²) in [6.07, 6.45) is 3.80. The number of nitrogens with two attached hydrogens (primary N) is 1. The van der Waals surface area contributed by atoms with E-state index in [2.05, 4.69) is 37.8 Å². The van der Waals surface area contributed by atoms with Crippen molar-refractivity contribution < 1.29 is 0 Å². The van der Waals surface area contributed by atoms with Gasteiger partial charge >= 0.3 is 0 Å². The maximum absolute atomic E-state index is 6.49. The Labute approximate surface area is 134 Å². The zero-order valence-electron chi connectivity index (χ0n) is 13.8. The van der Waals surface area contributed by atoms with Crippen molar-refractivity contribution in [1.29, 1.82) is 0 Å². The highest BCUT2D eigenvalue weighted by Gasteiger charge is 2.27. The van der Waals surface area contributed by atoms with Crippen molar-refractivity contribution in [3.8, 4) is 0 Å². The Morgan fingerprint density at radius 1 is 1.24 bits per heavy atom. The maximum atomic E-state index is 6.49. The highest BCUT2D eigenvalue weighted by Crippen LogP contribution is 2.36. The molecule has 1 aromatic carbocycles. The second-order valence-electron chi connectivity index (χ2n) is 7.48. The van der Waals surface area contributed by atoms with E-state index in [0.717, 1.165) is 35.3 Å². The molecule has 2 N–H and O–H groups in total. The molecular weight excluding hydrogens is 280 g/mol. The topological polar surface area (TPSA) is 29.3 Å². The van der Waals surface area contributed by atoms with Gasteiger partial charge in [0.1, 0.15) is 0 Å². The summed E-state index contributed by atoms with van der Waals surface area (Å²) >= 11 is 6.49. The third kappa shape index (κ3) is 4.14. The monoisotopic (exact) mass is 308 g/mol. The van der Waals surface area contributed by atoms with Gasteiger partial charge in [0.2, 0.25) is 0 Å². The van der Waals surface area contributed by atoms with Crippen molar-refractivity contribution in [1.82, 2.24) is 0 Å². The molecule has 0 bridgehead atoms. The molecule has 0 spiro atoms. The molecule has 0 aliphatic carbocycles. The normalized spacial score (nSPS) is 22.0. The van der Waals surface area contributed by atoms with Gasteiger partial charge in [-0.25, -0.2) is 0 Å². The maximum Gasteiger partial charge on any atom is 0.0642 e. The Kier molecular flexibility index (Phi) is 5.21. The molecule has 1 saturated heterocycles. The number of nitrogens with zero attached hydrogens (tertiary/aromatic N) is 1. The van der Waals surface area contributed by atoms with Crippen LogP contribution in [-0.2, 0) is 0 Å². The van der Waals surface area contributed by atoms with Gasteiger partial charge in [-0.2, -0.15) is 0 Å². The largest absolute Gasteiger partial charge is 0.370 e. The number of anilines is 1. The fourth-order valence-corrected chi connectivity index (χ4v) is 3.57. The standard InChI is InChI=1S/C18H29ClN2/c1-13(20)14-7-8-17(16(19)12-14)21-10-5-6-15(9-11-21)18(2,3)4/h7-8,12-13,15H,5-6,9-11,20H2,1-4H3. The lowest BCUT2D eigenvalue weighted by atomic mass is 9.77. The Morgan fingerprint density at radius 3 is 2.52 bits per heavy atom. The molecule has 1 heterocycles. The van der Waals surface area contributed by atoms with Crippen molar-refractivity contribution in [2.45, 2.75) is 53.0 Å². The van der Waals surface area contributed by atoms with Crippen molar-refractivity contribution in [2.24, 2.45) is 17.1 Å². The first-order valence-corrected chi connectivity index (χ1v) is 8.47. The third-order valence-corrected chi connectivity index (χ3v) is 5.09. The van der Waals surface area contributed by atoms with E-state index >= 15 is 0 Å². The molecule has 1 aliphatic rings. The molecule has 1 aliphatic heterocycles. The van der Waals surface area contributed by atoms with Crippen LogP contribution in [0.2, 0.25) is 5.02 Å². The number of rotatable bonds is 2. The summed E-state index contributed by atoms with van der Waals surface area (Å²) in [7, 11) is 0. The first-order valence-electron chi connectivity index (χ1n) is 8.09. The molecule has 2 nitrogen and oxygen atoms in total. The van der Waals surface area contributed by atoms with Crippen LogP contribution in [0.25, 0.3) is 0 Å². The Hall–Kier alpha value is -0.730. The minimum Gasteiger partial charge on any atom is -0.370 e. The lowest BCUT2D eigenvalue weighted by Crippen LogP contribution is -2.26. The Bertz CT molecular complexity index is 477. The number of hydrogen-bond acceptors (Lipinski definition) is 2. The SMILES string of the molecule is CC(N)c1ccc(N2CCCC(C(C)(C)C)CC2)c(Cl)c1. The second-order valence-corrected chi connectivity index (χ2v) is 7.89. The fourth-order valence-electron chi connectivity index (χ4n) is 3.27. The van der Waals surface area contributed by atoms with Crippen LogP contribution in [0.5, 0.6) is 0 Å². The van der Waals surface area contributed by atoms with Crippen molar-refractivity contribution in [3.63, 3.8) is 0 Å². The molecular formula is C18H29ClN2. The highest BCUT2D eigenvalue weighted by molar-refractivity contribution is 6.33. The molecule has 0 aromatic heterocycles. The lowest BCUT2D eigenvalue weighted by molar-refractivity contribution is 0.220. The zero-order valence-corrected chi connectivity index (χ0v) is 14.6. The summed E-state index contributed by atoms with van der Waals surface area (Å²) in [5.74, 6) is 0.796. The molecule has 0 amide bonds. The van der Waals surface area contributed by atoms with Gasteiger partial charge in [-0.3, -0.25) is 0 Å². The van der Waals surface area contributed by atoms with Gasteiger partial charge in [-0.05, 0) is 55.2 Å². The van der Waals surface area contributed by atoms with Crippen LogP contribution in [0, 0.1) is 11.3 Å². The van der Waals surface area contributed by atoms with Crippen LogP contribution in [-0.4, -0.2) is 13.1 Å². The lowest BCUT2D eigenvalue weighted by Gasteiger charge is -2.30. The van der Waals surface area contributed by atoms with Crippen LogP contribution in [0.1, 0.15) is 58.6 Å². The molecule has 0 saturated carbocycles. The molecule has 21 heavy (non-hydrogen) atoms. The van der Waals surface area contributed by atoms with E-state index in [4.69, 9.17) is 17.3 Å². The van der Waals surface area contributed by atoms with Gasteiger partial charge in [-0.15, -0.1) is 0 Å². The zero-order chi connectivity index (χ0) is 15.6. The highest BCUT2D eigenvalue weighted by atomic mass is 35.5. The predicted molar refractivity (Wildman–Crippen MR) is 93.1 cm³/mol. The van der Waals surface area contributed by atoms with Crippen LogP contribution >= 0.6 is 11.6 Å². The minimum atomic E-state index is 0.0333. The van der Waals surface area contributed by atoms with Gasteiger partial charge in [-0.1, -0.05) is 38.4 Å². The second kappa shape index (κ2) is 6.58. The summed E-state index contributed by atoms with van der Waals surface area (Å²) in [4.78, 5) is 2.44. The van der Waals surface area contributed by atoms with E-state index < -0.39 is 0 Å². The molecule has 2 rings (SSSR count). The van der Waals surface area contributed by atoms with Gasteiger partial charge in [0.05, 0.1) is 10.7 Å². The summed E-state index contributed by atoms with van der Waals surface area (Å²) in [5.41, 5.74) is 8.60. The minimum absolute atomic E-state index is 0.0333. The molecule has 1 aromatic rings. The quantitative estimate of drug-likeness (QED) is 0.832. The Balaban J connectivity index is 2.12.